The fourth-order valence-corrected chi connectivity index (χ4v) is 3.61. The van der Waals surface area contributed by atoms with Gasteiger partial charge in [-0.05, 0) is 48.6 Å². The van der Waals surface area contributed by atoms with Crippen molar-refractivity contribution in [2.75, 3.05) is 39.4 Å². The monoisotopic (exact) mass is 413 g/mol. The second-order valence-electron chi connectivity index (χ2n) is 6.97. The molecule has 0 bridgehead atoms. The molecule has 0 N–H and O–H groups in total. The van der Waals surface area contributed by atoms with Gasteiger partial charge >= 0.3 is 5.97 Å². The molecule has 0 unspecified atom stereocenters. The van der Waals surface area contributed by atoms with Gasteiger partial charge in [-0.3, -0.25) is 9.59 Å². The van der Waals surface area contributed by atoms with Crippen LogP contribution >= 0.6 is 0 Å². The van der Waals surface area contributed by atoms with Gasteiger partial charge in [0.15, 0.2) is 18.1 Å². The smallest absolute Gasteiger partial charge is 0.306 e. The third kappa shape index (κ3) is 4.84. The molecule has 0 fully saturated rings. The maximum absolute atomic E-state index is 12.6. The van der Waals surface area contributed by atoms with Crippen LogP contribution in [-0.4, -0.2) is 46.4 Å². The number of nitrogens with zero attached hydrogens (tertiary/aromatic N) is 1. The van der Waals surface area contributed by atoms with Gasteiger partial charge in [-0.2, -0.15) is 0 Å². The van der Waals surface area contributed by atoms with E-state index in [4.69, 9.17) is 18.9 Å². The first-order valence-corrected chi connectivity index (χ1v) is 9.90. The van der Waals surface area contributed by atoms with Crippen molar-refractivity contribution in [2.45, 2.75) is 25.7 Å². The van der Waals surface area contributed by atoms with Crippen LogP contribution in [0.3, 0.4) is 0 Å². The first-order chi connectivity index (χ1) is 14.6. The minimum atomic E-state index is -0.428. The third-order valence-corrected chi connectivity index (χ3v) is 5.11. The number of hydrogen-bond donors (Lipinski definition) is 0. The van der Waals surface area contributed by atoms with Gasteiger partial charge in [0.25, 0.3) is 5.91 Å². The lowest BCUT2D eigenvalue weighted by Gasteiger charge is -2.29. The highest BCUT2D eigenvalue weighted by molar-refractivity contribution is 5.96. The van der Waals surface area contributed by atoms with Crippen molar-refractivity contribution < 1.29 is 28.5 Å². The van der Waals surface area contributed by atoms with Crippen molar-refractivity contribution >= 4 is 17.6 Å². The number of aryl methyl sites for hydroxylation is 2. The Hall–Kier alpha value is -3.22. The van der Waals surface area contributed by atoms with Crippen molar-refractivity contribution in [3.8, 4) is 17.2 Å². The Balaban J connectivity index is 1.55. The molecule has 160 valence electrons. The van der Waals surface area contributed by atoms with Gasteiger partial charge in [0.2, 0.25) is 5.75 Å². The number of carbonyl (C=O) groups excluding carboxylic acids is 2. The summed E-state index contributed by atoms with van der Waals surface area (Å²) in [4.78, 5) is 26.5. The summed E-state index contributed by atoms with van der Waals surface area (Å²) in [6.45, 7) is 0.376. The molecule has 2 aromatic rings. The lowest BCUT2D eigenvalue weighted by atomic mass is 10.0. The fourth-order valence-electron chi connectivity index (χ4n) is 3.61. The molecule has 0 atom stereocenters. The highest BCUT2D eigenvalue weighted by Gasteiger charge is 2.23. The number of carbonyl (C=O) groups is 2. The van der Waals surface area contributed by atoms with E-state index in [1.807, 2.05) is 24.3 Å². The Labute approximate surface area is 176 Å². The van der Waals surface area contributed by atoms with E-state index in [0.717, 1.165) is 29.7 Å². The van der Waals surface area contributed by atoms with Crippen LogP contribution in [0.2, 0.25) is 0 Å². The summed E-state index contributed by atoms with van der Waals surface area (Å²) in [5.41, 5.74) is 2.89. The van der Waals surface area contributed by atoms with Gasteiger partial charge in [0, 0.05) is 18.7 Å². The molecule has 3 rings (SSSR count). The average molecular weight is 413 g/mol. The van der Waals surface area contributed by atoms with Gasteiger partial charge in [-0.15, -0.1) is 0 Å². The van der Waals surface area contributed by atoms with E-state index in [1.54, 1.807) is 31.3 Å². The van der Waals surface area contributed by atoms with E-state index in [0.29, 0.717) is 30.2 Å². The van der Waals surface area contributed by atoms with Crippen LogP contribution in [-0.2, 0) is 27.2 Å². The number of amides is 1. The number of ether oxygens (including phenoxy) is 4. The summed E-state index contributed by atoms with van der Waals surface area (Å²) >= 11 is 0. The molecule has 1 amide bonds. The topological polar surface area (TPSA) is 74.3 Å². The van der Waals surface area contributed by atoms with Crippen molar-refractivity contribution in [3.63, 3.8) is 0 Å². The zero-order valence-corrected chi connectivity index (χ0v) is 17.6. The van der Waals surface area contributed by atoms with E-state index in [2.05, 4.69) is 0 Å². The Morgan fingerprint density at radius 2 is 1.70 bits per heavy atom. The Morgan fingerprint density at radius 3 is 2.37 bits per heavy atom. The predicted molar refractivity (Wildman–Crippen MR) is 112 cm³/mol. The van der Waals surface area contributed by atoms with Crippen LogP contribution in [0.15, 0.2) is 36.4 Å². The van der Waals surface area contributed by atoms with Gasteiger partial charge in [0.1, 0.15) is 0 Å². The van der Waals surface area contributed by atoms with E-state index in [1.165, 1.54) is 7.11 Å². The number of anilines is 1. The molecule has 0 saturated carbocycles. The zero-order valence-electron chi connectivity index (χ0n) is 17.6. The van der Waals surface area contributed by atoms with Crippen molar-refractivity contribution in [1.29, 1.82) is 0 Å². The van der Waals surface area contributed by atoms with Crippen LogP contribution < -0.4 is 19.1 Å². The molecule has 1 aliphatic rings. The quantitative estimate of drug-likeness (QED) is 0.619. The number of esters is 1. The minimum Gasteiger partial charge on any atom is -0.493 e. The minimum absolute atomic E-state index is 0.141. The summed E-state index contributed by atoms with van der Waals surface area (Å²) in [5.74, 6) is 0.919. The van der Waals surface area contributed by atoms with Gasteiger partial charge < -0.3 is 23.8 Å². The third-order valence-electron chi connectivity index (χ3n) is 5.11. The summed E-state index contributed by atoms with van der Waals surface area (Å²) in [6.07, 6.45) is 2.42. The van der Waals surface area contributed by atoms with Crippen molar-refractivity contribution in [1.82, 2.24) is 0 Å². The molecule has 0 saturated heterocycles. The molecule has 1 heterocycles. The average Bonchev–Trinajstić information content (AvgIpc) is 2.79. The normalized spacial score (nSPS) is 12.7. The van der Waals surface area contributed by atoms with Crippen LogP contribution in [0.5, 0.6) is 17.2 Å². The highest BCUT2D eigenvalue weighted by Crippen LogP contribution is 2.38. The second kappa shape index (κ2) is 10.0. The summed E-state index contributed by atoms with van der Waals surface area (Å²) in [6, 6.07) is 11.4. The number of fused-ring (bicyclic) bond motifs is 1. The van der Waals surface area contributed by atoms with Crippen LogP contribution in [0.1, 0.15) is 24.0 Å². The molecule has 30 heavy (non-hydrogen) atoms. The molecule has 0 aromatic heterocycles. The number of rotatable bonds is 8. The largest absolute Gasteiger partial charge is 0.493 e. The first kappa shape index (κ1) is 21.5. The fraction of sp³-hybridized carbons (Fsp3) is 0.391. The van der Waals surface area contributed by atoms with Crippen LogP contribution in [0.4, 0.5) is 5.69 Å². The van der Waals surface area contributed by atoms with E-state index < -0.39 is 5.97 Å². The zero-order chi connectivity index (χ0) is 21.5. The Kier molecular flexibility index (Phi) is 7.17. The maximum atomic E-state index is 12.6. The lowest BCUT2D eigenvalue weighted by molar-refractivity contribution is -0.147. The predicted octanol–water partition coefficient (Wildman–Crippen LogP) is 3.17. The lowest BCUT2D eigenvalue weighted by Crippen LogP contribution is -2.38. The molecule has 0 radical (unpaired) electrons. The highest BCUT2D eigenvalue weighted by atomic mass is 16.5. The molecule has 2 aromatic carbocycles. The molecule has 7 heteroatoms. The van der Waals surface area contributed by atoms with E-state index >= 15 is 0 Å². The molecular formula is C23H27NO6. The van der Waals surface area contributed by atoms with E-state index in [-0.39, 0.29) is 18.9 Å². The van der Waals surface area contributed by atoms with Gasteiger partial charge in [-0.25, -0.2) is 0 Å². The standard InChI is InChI=1S/C23H27NO6/c1-27-19-13-16(14-20(28-2)23(19)29-3)10-11-22(26)30-15-21(25)24-12-6-8-17-7-4-5-9-18(17)24/h4-5,7,9,13-14H,6,8,10-12,15H2,1-3H3. The van der Waals surface area contributed by atoms with Gasteiger partial charge in [-0.1, -0.05) is 18.2 Å². The summed E-state index contributed by atoms with van der Waals surface area (Å²) in [5, 5.41) is 0. The molecule has 0 spiro atoms. The second-order valence-corrected chi connectivity index (χ2v) is 6.97. The molecule has 0 aliphatic carbocycles. The van der Waals surface area contributed by atoms with Crippen molar-refractivity contribution in [2.24, 2.45) is 0 Å². The Bertz CT molecular complexity index is 885. The molecule has 1 aliphatic heterocycles. The number of benzene rings is 2. The summed E-state index contributed by atoms with van der Waals surface area (Å²) in [7, 11) is 4.62. The molecule has 7 nitrogen and oxygen atoms in total. The Morgan fingerprint density at radius 1 is 1.00 bits per heavy atom. The molecular weight excluding hydrogens is 386 g/mol. The SMILES string of the molecule is COc1cc(CCC(=O)OCC(=O)N2CCCc3ccccc32)cc(OC)c1OC. The number of hydrogen-bond acceptors (Lipinski definition) is 6. The van der Waals surface area contributed by atoms with Crippen LogP contribution in [0, 0.1) is 0 Å². The number of para-hydroxylation sites is 1. The number of methoxy groups -OCH3 is 3. The maximum Gasteiger partial charge on any atom is 0.306 e. The van der Waals surface area contributed by atoms with Crippen molar-refractivity contribution in [3.05, 3.63) is 47.5 Å². The van der Waals surface area contributed by atoms with Crippen LogP contribution in [0.25, 0.3) is 0 Å². The van der Waals surface area contributed by atoms with Gasteiger partial charge in [0.05, 0.1) is 21.3 Å². The summed E-state index contributed by atoms with van der Waals surface area (Å²) < 4.78 is 21.2. The van der Waals surface area contributed by atoms with E-state index in [9.17, 15) is 9.59 Å². The first-order valence-electron chi connectivity index (χ1n) is 9.90.